The lowest BCUT2D eigenvalue weighted by molar-refractivity contribution is -0.126. The number of amides is 1. The van der Waals surface area contributed by atoms with E-state index in [-0.39, 0.29) is 5.02 Å². The minimum atomic E-state index is -1.34. The summed E-state index contributed by atoms with van der Waals surface area (Å²) in [5.74, 6) is -0.475. The van der Waals surface area contributed by atoms with Crippen LogP contribution in [0.1, 0.15) is 12.5 Å². The van der Waals surface area contributed by atoms with E-state index in [9.17, 15) is 9.59 Å². The summed E-state index contributed by atoms with van der Waals surface area (Å²) in [7, 11) is 2.89. The number of halogens is 2. The first-order valence-electron chi connectivity index (χ1n) is 8.17. The lowest BCUT2D eigenvalue weighted by Gasteiger charge is -2.14. The molecule has 2 aromatic rings. The zero-order chi connectivity index (χ0) is 20.8. The minimum absolute atomic E-state index is 0.240. The number of methoxy groups -OCH3 is 2. The van der Waals surface area contributed by atoms with Gasteiger partial charge in [-0.05, 0) is 31.5 Å². The Balaban J connectivity index is 2.26. The molecule has 0 aliphatic rings. The van der Waals surface area contributed by atoms with Gasteiger partial charge >= 0.3 is 0 Å². The van der Waals surface area contributed by atoms with E-state index in [4.69, 9.17) is 32.7 Å². The molecule has 0 saturated carbocycles. The van der Waals surface area contributed by atoms with Gasteiger partial charge in [-0.2, -0.15) is 10.2 Å². The molecule has 0 bridgehead atoms. The summed E-state index contributed by atoms with van der Waals surface area (Å²) in [6, 6.07) is 6.87. The number of ketones is 1. The van der Waals surface area contributed by atoms with Crippen molar-refractivity contribution in [3.05, 3.63) is 45.9 Å². The smallest absolute Gasteiger partial charge is 0.258 e. The van der Waals surface area contributed by atoms with Crippen molar-refractivity contribution < 1.29 is 19.1 Å². The molecule has 2 aromatic carbocycles. The normalized spacial score (nSPS) is 11.9. The summed E-state index contributed by atoms with van der Waals surface area (Å²) in [4.78, 5) is 24.5. The van der Waals surface area contributed by atoms with Crippen LogP contribution in [-0.4, -0.2) is 32.0 Å². The van der Waals surface area contributed by atoms with Crippen molar-refractivity contribution in [1.82, 2.24) is 0 Å². The molecular weight excluding hydrogens is 405 g/mol. The highest BCUT2D eigenvalue weighted by molar-refractivity contribution is 6.33. The molecule has 148 valence electrons. The molecule has 28 heavy (non-hydrogen) atoms. The van der Waals surface area contributed by atoms with E-state index in [1.165, 1.54) is 33.3 Å². The Morgan fingerprint density at radius 2 is 1.86 bits per heavy atom. The summed E-state index contributed by atoms with van der Waals surface area (Å²) in [6.07, 6.45) is 0. The number of nitrogens with zero attached hydrogens (tertiary/aromatic N) is 2. The van der Waals surface area contributed by atoms with Crippen LogP contribution in [0, 0.1) is 6.92 Å². The van der Waals surface area contributed by atoms with Crippen molar-refractivity contribution in [3.63, 3.8) is 0 Å². The van der Waals surface area contributed by atoms with Gasteiger partial charge in [0, 0.05) is 11.8 Å². The lowest BCUT2D eigenvalue weighted by atomic mass is 10.2. The van der Waals surface area contributed by atoms with Gasteiger partial charge in [-0.3, -0.25) is 9.59 Å². The second kappa shape index (κ2) is 9.52. The third kappa shape index (κ3) is 4.99. The Morgan fingerprint density at radius 1 is 1.14 bits per heavy atom. The standard InChI is InChI=1S/C19H19Cl2N3O4/c1-10-6-5-7-14(16(10)21)23-24-17(11(2)25)19(26)22-12-8-13(20)18(28-4)15(9-12)27-3/h5-9,17H,1-4H3,(H,22,26). The van der Waals surface area contributed by atoms with Crippen LogP contribution in [0.25, 0.3) is 0 Å². The van der Waals surface area contributed by atoms with Crippen LogP contribution in [0.3, 0.4) is 0 Å². The number of hydrogen-bond acceptors (Lipinski definition) is 6. The van der Waals surface area contributed by atoms with E-state index in [1.807, 2.05) is 13.0 Å². The van der Waals surface area contributed by atoms with Gasteiger partial charge in [0.05, 0.1) is 24.3 Å². The molecule has 1 N–H and O–H groups in total. The number of Topliss-reactive ketones (excluding diaryl/α,β-unsaturated/α-hetero) is 1. The molecule has 0 heterocycles. The quantitative estimate of drug-likeness (QED) is 0.501. The van der Waals surface area contributed by atoms with Crippen molar-refractivity contribution in [2.45, 2.75) is 19.9 Å². The average Bonchev–Trinajstić information content (AvgIpc) is 2.64. The third-order valence-corrected chi connectivity index (χ3v) is 4.56. The number of carbonyl (C=O) groups is 2. The Morgan fingerprint density at radius 3 is 2.46 bits per heavy atom. The third-order valence-electron chi connectivity index (χ3n) is 3.79. The second-order valence-electron chi connectivity index (χ2n) is 5.82. The van der Waals surface area contributed by atoms with E-state index in [2.05, 4.69) is 15.5 Å². The van der Waals surface area contributed by atoms with Crippen molar-refractivity contribution in [1.29, 1.82) is 0 Å². The van der Waals surface area contributed by atoms with Crippen molar-refractivity contribution in [3.8, 4) is 11.5 Å². The molecule has 9 heteroatoms. The molecular formula is C19H19Cl2N3O4. The predicted molar refractivity (Wildman–Crippen MR) is 108 cm³/mol. The number of azo groups is 1. The first kappa shape index (κ1) is 21.7. The number of anilines is 1. The zero-order valence-electron chi connectivity index (χ0n) is 15.7. The molecule has 0 aromatic heterocycles. The number of hydrogen-bond donors (Lipinski definition) is 1. The fourth-order valence-corrected chi connectivity index (χ4v) is 2.80. The highest BCUT2D eigenvalue weighted by Crippen LogP contribution is 2.38. The van der Waals surface area contributed by atoms with E-state index >= 15 is 0 Å². The highest BCUT2D eigenvalue weighted by atomic mass is 35.5. The van der Waals surface area contributed by atoms with Crippen LogP contribution in [0.4, 0.5) is 11.4 Å². The largest absolute Gasteiger partial charge is 0.493 e. The van der Waals surface area contributed by atoms with Crippen LogP contribution in [-0.2, 0) is 9.59 Å². The average molecular weight is 424 g/mol. The van der Waals surface area contributed by atoms with E-state index in [0.717, 1.165) is 5.56 Å². The molecule has 0 fully saturated rings. The van der Waals surface area contributed by atoms with Crippen molar-refractivity contribution in [2.24, 2.45) is 10.2 Å². The molecule has 0 saturated heterocycles. The second-order valence-corrected chi connectivity index (χ2v) is 6.60. The van der Waals surface area contributed by atoms with Crippen LogP contribution in [0.15, 0.2) is 40.6 Å². The molecule has 1 atom stereocenters. The maximum absolute atomic E-state index is 12.6. The van der Waals surface area contributed by atoms with Gasteiger partial charge in [0.25, 0.3) is 5.91 Å². The predicted octanol–water partition coefficient (Wildman–Crippen LogP) is 5.00. The number of benzene rings is 2. The maximum atomic E-state index is 12.6. The van der Waals surface area contributed by atoms with Crippen molar-refractivity contribution in [2.75, 3.05) is 19.5 Å². The summed E-state index contributed by atoms with van der Waals surface area (Å²) in [6.45, 7) is 3.07. The SMILES string of the molecule is COc1cc(NC(=O)C(N=Nc2cccc(C)c2Cl)C(C)=O)cc(Cl)c1OC. The van der Waals surface area contributed by atoms with Crippen LogP contribution in [0.2, 0.25) is 10.0 Å². The lowest BCUT2D eigenvalue weighted by Crippen LogP contribution is -2.31. The van der Waals surface area contributed by atoms with Crippen molar-refractivity contribution >= 4 is 46.3 Å². The number of aryl methyl sites for hydroxylation is 1. The molecule has 1 unspecified atom stereocenters. The van der Waals surface area contributed by atoms with Gasteiger partial charge in [0.15, 0.2) is 17.3 Å². The van der Waals surface area contributed by atoms with Crippen LogP contribution >= 0.6 is 23.2 Å². The van der Waals surface area contributed by atoms with E-state index in [0.29, 0.717) is 27.9 Å². The minimum Gasteiger partial charge on any atom is -0.493 e. The molecule has 1 amide bonds. The van der Waals surface area contributed by atoms with Gasteiger partial charge in [-0.15, -0.1) is 0 Å². The van der Waals surface area contributed by atoms with Gasteiger partial charge in [-0.25, -0.2) is 0 Å². The summed E-state index contributed by atoms with van der Waals surface area (Å²) < 4.78 is 10.3. The highest BCUT2D eigenvalue weighted by Gasteiger charge is 2.24. The topological polar surface area (TPSA) is 89.4 Å². The van der Waals surface area contributed by atoms with Gasteiger partial charge in [-0.1, -0.05) is 35.3 Å². The van der Waals surface area contributed by atoms with Gasteiger partial charge in [0.1, 0.15) is 5.69 Å². The monoisotopic (exact) mass is 423 g/mol. The van der Waals surface area contributed by atoms with E-state index in [1.54, 1.807) is 12.1 Å². The molecule has 0 aliphatic carbocycles. The van der Waals surface area contributed by atoms with Gasteiger partial charge in [0.2, 0.25) is 6.04 Å². The summed E-state index contributed by atoms with van der Waals surface area (Å²) >= 11 is 12.3. The Hall–Kier alpha value is -2.64. The molecule has 7 nitrogen and oxygen atoms in total. The Kier molecular flexibility index (Phi) is 7.37. The molecule has 0 radical (unpaired) electrons. The number of carbonyl (C=O) groups excluding carboxylic acids is 2. The number of rotatable bonds is 7. The Labute approximate surface area is 172 Å². The zero-order valence-corrected chi connectivity index (χ0v) is 17.3. The fraction of sp³-hybridized carbons (Fsp3) is 0.263. The summed E-state index contributed by atoms with van der Waals surface area (Å²) in [5, 5.41) is 11.1. The molecule has 0 spiro atoms. The Bertz CT molecular complexity index is 932. The summed E-state index contributed by atoms with van der Waals surface area (Å²) in [5.41, 5.74) is 1.50. The maximum Gasteiger partial charge on any atom is 0.258 e. The number of ether oxygens (including phenoxy) is 2. The first-order valence-corrected chi connectivity index (χ1v) is 8.92. The molecule has 2 rings (SSSR count). The first-order chi connectivity index (χ1) is 13.3. The molecule has 0 aliphatic heterocycles. The number of nitrogens with one attached hydrogen (secondary N) is 1. The fourth-order valence-electron chi connectivity index (χ4n) is 2.35. The van der Waals surface area contributed by atoms with Crippen LogP contribution in [0.5, 0.6) is 11.5 Å². The van der Waals surface area contributed by atoms with E-state index < -0.39 is 17.7 Å². The van der Waals surface area contributed by atoms with Crippen LogP contribution < -0.4 is 14.8 Å². The van der Waals surface area contributed by atoms with Gasteiger partial charge < -0.3 is 14.8 Å².